The molecule has 1 aliphatic heterocycles. The van der Waals surface area contributed by atoms with Gasteiger partial charge in [0.15, 0.2) is 11.6 Å². The van der Waals surface area contributed by atoms with Crippen molar-refractivity contribution < 1.29 is 13.9 Å². The van der Waals surface area contributed by atoms with Crippen LogP contribution >= 0.6 is 0 Å². The topological polar surface area (TPSA) is 60.3 Å². The van der Waals surface area contributed by atoms with Crippen molar-refractivity contribution in [3.05, 3.63) is 42.0 Å². The molecule has 0 saturated carbocycles. The number of benzene rings is 1. The lowest BCUT2D eigenvalue weighted by Crippen LogP contribution is -2.34. The van der Waals surface area contributed by atoms with E-state index in [1.54, 1.807) is 24.4 Å². The van der Waals surface area contributed by atoms with Crippen molar-refractivity contribution in [3.63, 3.8) is 0 Å². The maximum Gasteiger partial charge on any atom is 0.244 e. The molecule has 7 heteroatoms. The van der Waals surface area contributed by atoms with Gasteiger partial charge in [-0.15, -0.1) is 5.10 Å². The van der Waals surface area contributed by atoms with Gasteiger partial charge in [0.2, 0.25) is 5.91 Å². The molecule has 0 aliphatic carbocycles. The van der Waals surface area contributed by atoms with Crippen molar-refractivity contribution in [2.24, 2.45) is 0 Å². The molecule has 1 aromatic heterocycles. The summed E-state index contributed by atoms with van der Waals surface area (Å²) >= 11 is 0. The minimum absolute atomic E-state index is 0.0587. The molecule has 1 saturated heterocycles. The van der Waals surface area contributed by atoms with Gasteiger partial charge in [-0.2, -0.15) is 0 Å². The van der Waals surface area contributed by atoms with Crippen molar-refractivity contribution in [1.82, 2.24) is 19.9 Å². The third-order valence-electron chi connectivity index (χ3n) is 4.05. The van der Waals surface area contributed by atoms with Crippen LogP contribution in [0.25, 0.3) is 0 Å². The Morgan fingerprint density at radius 1 is 1.17 bits per heavy atom. The minimum atomic E-state index is -0.416. The zero-order valence-electron chi connectivity index (χ0n) is 13.5. The first-order chi connectivity index (χ1) is 11.7. The summed E-state index contributed by atoms with van der Waals surface area (Å²) < 4.78 is 20.4. The van der Waals surface area contributed by atoms with Crippen LogP contribution in [0, 0.1) is 5.82 Å². The summed E-state index contributed by atoms with van der Waals surface area (Å²) in [6, 6.07) is 6.21. The first kappa shape index (κ1) is 16.4. The van der Waals surface area contributed by atoms with Crippen LogP contribution in [-0.2, 0) is 17.9 Å². The minimum Gasteiger partial charge on any atom is -0.484 e. The fourth-order valence-electron chi connectivity index (χ4n) is 2.75. The Morgan fingerprint density at radius 2 is 1.92 bits per heavy atom. The van der Waals surface area contributed by atoms with Crippen molar-refractivity contribution in [2.45, 2.75) is 38.8 Å². The SMILES string of the molecule is O=C(Cn1cc(COc2ccccc2F)nn1)N1CCCCCC1. The lowest BCUT2D eigenvalue weighted by atomic mass is 10.2. The van der Waals surface area contributed by atoms with Crippen LogP contribution in [0.1, 0.15) is 31.4 Å². The van der Waals surface area contributed by atoms with E-state index in [1.807, 2.05) is 4.90 Å². The van der Waals surface area contributed by atoms with E-state index in [1.165, 1.54) is 23.6 Å². The van der Waals surface area contributed by atoms with Crippen molar-refractivity contribution in [1.29, 1.82) is 0 Å². The number of hydrogen-bond acceptors (Lipinski definition) is 4. The van der Waals surface area contributed by atoms with E-state index in [4.69, 9.17) is 4.74 Å². The van der Waals surface area contributed by atoms with E-state index in [2.05, 4.69) is 10.3 Å². The smallest absolute Gasteiger partial charge is 0.244 e. The van der Waals surface area contributed by atoms with E-state index in [0.717, 1.165) is 25.9 Å². The molecule has 1 fully saturated rings. The molecule has 0 unspecified atom stereocenters. The predicted octanol–water partition coefficient (Wildman–Crippen LogP) is 2.40. The highest BCUT2D eigenvalue weighted by Gasteiger charge is 2.16. The first-order valence-electron chi connectivity index (χ1n) is 8.26. The molecule has 3 rings (SSSR count). The second kappa shape index (κ2) is 7.90. The number of halogens is 1. The zero-order chi connectivity index (χ0) is 16.8. The Balaban J connectivity index is 1.53. The predicted molar refractivity (Wildman–Crippen MR) is 85.8 cm³/mol. The standard InChI is InChI=1S/C17H21FN4O2/c18-15-7-3-4-8-16(15)24-13-14-11-22(20-19-14)12-17(23)21-9-5-1-2-6-10-21/h3-4,7-8,11H,1-2,5-6,9-10,12-13H2. The number of para-hydroxylation sites is 1. The van der Waals surface area contributed by atoms with Crippen molar-refractivity contribution in [2.75, 3.05) is 13.1 Å². The van der Waals surface area contributed by atoms with Gasteiger partial charge in [0.25, 0.3) is 0 Å². The van der Waals surface area contributed by atoms with Gasteiger partial charge in [-0.3, -0.25) is 4.79 Å². The van der Waals surface area contributed by atoms with Crippen LogP contribution in [0.3, 0.4) is 0 Å². The number of rotatable bonds is 5. The second-order valence-electron chi connectivity index (χ2n) is 5.92. The fourth-order valence-corrected chi connectivity index (χ4v) is 2.75. The fraction of sp³-hybridized carbons (Fsp3) is 0.471. The molecule has 0 radical (unpaired) electrons. The van der Waals surface area contributed by atoms with Gasteiger partial charge in [-0.1, -0.05) is 30.2 Å². The lowest BCUT2D eigenvalue weighted by molar-refractivity contribution is -0.132. The summed E-state index contributed by atoms with van der Waals surface area (Å²) in [6.45, 7) is 1.92. The highest BCUT2D eigenvalue weighted by Crippen LogP contribution is 2.16. The molecular weight excluding hydrogens is 311 g/mol. The largest absolute Gasteiger partial charge is 0.484 e. The van der Waals surface area contributed by atoms with E-state index in [-0.39, 0.29) is 24.8 Å². The van der Waals surface area contributed by atoms with Crippen molar-refractivity contribution in [3.8, 4) is 5.75 Å². The number of ether oxygens (including phenoxy) is 1. The summed E-state index contributed by atoms with van der Waals surface area (Å²) in [5.41, 5.74) is 0.557. The third-order valence-corrected chi connectivity index (χ3v) is 4.05. The highest BCUT2D eigenvalue weighted by molar-refractivity contribution is 5.75. The first-order valence-corrected chi connectivity index (χ1v) is 8.26. The molecule has 2 aromatic rings. The van der Waals surface area contributed by atoms with Gasteiger partial charge in [-0.25, -0.2) is 9.07 Å². The summed E-state index contributed by atoms with van der Waals surface area (Å²) in [5, 5.41) is 7.93. The van der Waals surface area contributed by atoms with E-state index >= 15 is 0 Å². The van der Waals surface area contributed by atoms with Crippen LogP contribution in [0.2, 0.25) is 0 Å². The molecule has 0 spiro atoms. The van der Waals surface area contributed by atoms with Crippen LogP contribution in [0.5, 0.6) is 5.75 Å². The number of amides is 1. The van der Waals surface area contributed by atoms with Crippen LogP contribution in [0.15, 0.2) is 30.5 Å². The second-order valence-corrected chi connectivity index (χ2v) is 5.92. The molecule has 2 heterocycles. The average molecular weight is 332 g/mol. The number of likely N-dealkylation sites (tertiary alicyclic amines) is 1. The molecule has 6 nitrogen and oxygen atoms in total. The number of aromatic nitrogens is 3. The summed E-state index contributed by atoms with van der Waals surface area (Å²) in [6.07, 6.45) is 6.15. The lowest BCUT2D eigenvalue weighted by Gasteiger charge is -2.19. The number of hydrogen-bond donors (Lipinski definition) is 0. The number of carbonyl (C=O) groups excluding carboxylic acids is 1. The Hall–Kier alpha value is -2.44. The number of nitrogens with zero attached hydrogens (tertiary/aromatic N) is 4. The molecule has 1 aliphatic rings. The molecule has 128 valence electrons. The summed E-state index contributed by atoms with van der Waals surface area (Å²) in [5.74, 6) is -0.183. The molecular formula is C17H21FN4O2. The Labute approximate surface area is 140 Å². The van der Waals surface area contributed by atoms with Gasteiger partial charge >= 0.3 is 0 Å². The molecule has 1 aromatic carbocycles. The number of carbonyl (C=O) groups is 1. The summed E-state index contributed by atoms with van der Waals surface area (Å²) in [4.78, 5) is 14.2. The molecule has 1 amide bonds. The van der Waals surface area contributed by atoms with Gasteiger partial charge in [-0.05, 0) is 25.0 Å². The van der Waals surface area contributed by atoms with E-state index in [9.17, 15) is 9.18 Å². The normalized spacial score (nSPS) is 15.1. The molecule has 24 heavy (non-hydrogen) atoms. The Morgan fingerprint density at radius 3 is 2.67 bits per heavy atom. The van der Waals surface area contributed by atoms with Gasteiger partial charge in [0.1, 0.15) is 18.8 Å². The van der Waals surface area contributed by atoms with E-state index in [0.29, 0.717) is 5.69 Å². The molecule has 0 atom stereocenters. The van der Waals surface area contributed by atoms with Gasteiger partial charge in [0, 0.05) is 13.1 Å². The highest BCUT2D eigenvalue weighted by atomic mass is 19.1. The van der Waals surface area contributed by atoms with Crippen LogP contribution in [-0.4, -0.2) is 38.9 Å². The quantitative estimate of drug-likeness (QED) is 0.843. The summed E-state index contributed by atoms with van der Waals surface area (Å²) in [7, 11) is 0. The average Bonchev–Trinajstić information content (AvgIpc) is 2.84. The van der Waals surface area contributed by atoms with Crippen LogP contribution in [0.4, 0.5) is 4.39 Å². The maximum atomic E-state index is 13.5. The monoisotopic (exact) mass is 332 g/mol. The molecule has 0 N–H and O–H groups in total. The maximum absolute atomic E-state index is 13.5. The van der Waals surface area contributed by atoms with Gasteiger partial charge < -0.3 is 9.64 Å². The van der Waals surface area contributed by atoms with E-state index < -0.39 is 5.82 Å². The molecule has 0 bridgehead atoms. The third kappa shape index (κ3) is 4.31. The van der Waals surface area contributed by atoms with Crippen LogP contribution < -0.4 is 4.74 Å². The van der Waals surface area contributed by atoms with Crippen molar-refractivity contribution >= 4 is 5.91 Å². The van der Waals surface area contributed by atoms with Gasteiger partial charge in [0.05, 0.1) is 6.20 Å². The Bertz CT molecular complexity index is 681. The Kier molecular flexibility index (Phi) is 5.40. The zero-order valence-corrected chi connectivity index (χ0v) is 13.5.